The van der Waals surface area contributed by atoms with Crippen LogP contribution in [-0.4, -0.2) is 30.9 Å². The molecule has 15 heavy (non-hydrogen) atoms. The summed E-state index contributed by atoms with van der Waals surface area (Å²) in [4.78, 5) is 13.6. The molecule has 2 N–H and O–H groups in total. The van der Waals surface area contributed by atoms with Crippen LogP contribution in [0.25, 0.3) is 0 Å². The van der Waals surface area contributed by atoms with Crippen molar-refractivity contribution in [3.63, 3.8) is 0 Å². The molecule has 0 spiro atoms. The van der Waals surface area contributed by atoms with Gasteiger partial charge in [0.2, 0.25) is 5.91 Å². The van der Waals surface area contributed by atoms with Gasteiger partial charge in [0.05, 0.1) is 0 Å². The Morgan fingerprint density at radius 1 is 1.33 bits per heavy atom. The predicted octanol–water partition coefficient (Wildman–Crippen LogP) is 2.01. The molecule has 0 saturated carbocycles. The zero-order chi connectivity index (χ0) is 11.9. The number of carbonyl (C=O) groups is 1. The van der Waals surface area contributed by atoms with Gasteiger partial charge in [0.25, 0.3) is 0 Å². The van der Waals surface area contributed by atoms with Crippen LogP contribution in [0.2, 0.25) is 0 Å². The van der Waals surface area contributed by atoms with E-state index in [2.05, 4.69) is 6.92 Å². The Hall–Kier alpha value is -0.570. The first-order chi connectivity index (χ1) is 6.93. The SMILES string of the molecule is CCCCCN(C)C(=O)CC(C)(C)CN. The molecule has 0 radical (unpaired) electrons. The van der Waals surface area contributed by atoms with Gasteiger partial charge in [-0.3, -0.25) is 4.79 Å². The third-order valence-electron chi connectivity index (χ3n) is 2.71. The highest BCUT2D eigenvalue weighted by atomic mass is 16.2. The second-order valence-electron chi connectivity index (χ2n) is 5.07. The van der Waals surface area contributed by atoms with E-state index in [1.807, 2.05) is 25.8 Å². The minimum atomic E-state index is -0.0733. The molecule has 0 atom stereocenters. The summed E-state index contributed by atoms with van der Waals surface area (Å²) in [6.45, 7) is 7.66. The largest absolute Gasteiger partial charge is 0.346 e. The summed E-state index contributed by atoms with van der Waals surface area (Å²) < 4.78 is 0. The lowest BCUT2D eigenvalue weighted by atomic mass is 9.89. The van der Waals surface area contributed by atoms with Crippen LogP contribution in [0.4, 0.5) is 0 Å². The molecule has 3 heteroatoms. The number of rotatable bonds is 7. The van der Waals surface area contributed by atoms with Gasteiger partial charge >= 0.3 is 0 Å². The number of nitrogens with zero attached hydrogens (tertiary/aromatic N) is 1. The molecule has 0 rings (SSSR count). The first kappa shape index (κ1) is 14.4. The smallest absolute Gasteiger partial charge is 0.222 e. The number of carbonyl (C=O) groups excluding carboxylic acids is 1. The summed E-state index contributed by atoms with van der Waals surface area (Å²) in [6.07, 6.45) is 4.03. The van der Waals surface area contributed by atoms with Crippen LogP contribution in [-0.2, 0) is 4.79 Å². The molecule has 0 heterocycles. The number of amides is 1. The zero-order valence-corrected chi connectivity index (χ0v) is 10.7. The Kier molecular flexibility index (Phi) is 6.57. The van der Waals surface area contributed by atoms with E-state index in [-0.39, 0.29) is 11.3 Å². The van der Waals surface area contributed by atoms with Crippen LogP contribution in [0.1, 0.15) is 46.5 Å². The first-order valence-corrected chi connectivity index (χ1v) is 5.87. The average molecular weight is 214 g/mol. The molecular weight excluding hydrogens is 188 g/mol. The van der Waals surface area contributed by atoms with Crippen molar-refractivity contribution in [1.82, 2.24) is 4.90 Å². The van der Waals surface area contributed by atoms with Gasteiger partial charge in [-0.05, 0) is 18.4 Å². The van der Waals surface area contributed by atoms with Gasteiger partial charge in [-0.15, -0.1) is 0 Å². The van der Waals surface area contributed by atoms with Crippen LogP contribution >= 0.6 is 0 Å². The van der Waals surface area contributed by atoms with Crippen LogP contribution < -0.4 is 5.73 Å². The van der Waals surface area contributed by atoms with Crippen molar-refractivity contribution < 1.29 is 4.79 Å². The second-order valence-corrected chi connectivity index (χ2v) is 5.07. The van der Waals surface area contributed by atoms with E-state index in [4.69, 9.17) is 5.73 Å². The van der Waals surface area contributed by atoms with Crippen molar-refractivity contribution in [3.05, 3.63) is 0 Å². The maximum atomic E-state index is 11.8. The molecule has 0 aromatic carbocycles. The highest BCUT2D eigenvalue weighted by Gasteiger charge is 2.21. The Balaban J connectivity index is 3.88. The average Bonchev–Trinajstić information content (AvgIpc) is 2.17. The Labute approximate surface area is 94.0 Å². The number of unbranched alkanes of at least 4 members (excludes halogenated alkanes) is 2. The summed E-state index contributed by atoms with van der Waals surface area (Å²) in [5.41, 5.74) is 5.53. The molecule has 0 unspecified atom stereocenters. The lowest BCUT2D eigenvalue weighted by molar-refractivity contribution is -0.131. The van der Waals surface area contributed by atoms with Gasteiger partial charge in [-0.25, -0.2) is 0 Å². The Morgan fingerprint density at radius 2 is 1.93 bits per heavy atom. The Morgan fingerprint density at radius 3 is 2.40 bits per heavy atom. The van der Waals surface area contributed by atoms with Gasteiger partial charge < -0.3 is 10.6 Å². The van der Waals surface area contributed by atoms with E-state index in [0.29, 0.717) is 13.0 Å². The number of nitrogens with two attached hydrogens (primary N) is 1. The Bertz CT molecular complexity index is 190. The molecule has 0 bridgehead atoms. The summed E-state index contributed by atoms with van der Waals surface area (Å²) in [5, 5.41) is 0. The molecule has 0 aliphatic carbocycles. The van der Waals surface area contributed by atoms with Crippen LogP contribution in [0.15, 0.2) is 0 Å². The molecule has 0 saturated heterocycles. The topological polar surface area (TPSA) is 46.3 Å². The highest BCUT2D eigenvalue weighted by Crippen LogP contribution is 2.19. The monoisotopic (exact) mass is 214 g/mol. The molecular formula is C12H26N2O. The lowest BCUT2D eigenvalue weighted by Gasteiger charge is -2.25. The minimum Gasteiger partial charge on any atom is -0.346 e. The van der Waals surface area contributed by atoms with Crippen molar-refractivity contribution in [3.8, 4) is 0 Å². The molecule has 0 aliphatic heterocycles. The predicted molar refractivity (Wildman–Crippen MR) is 64.6 cm³/mol. The fraction of sp³-hybridized carbons (Fsp3) is 0.917. The maximum Gasteiger partial charge on any atom is 0.222 e. The lowest BCUT2D eigenvalue weighted by Crippen LogP contribution is -2.34. The molecule has 1 amide bonds. The highest BCUT2D eigenvalue weighted by molar-refractivity contribution is 5.76. The molecule has 0 aliphatic rings. The van der Waals surface area contributed by atoms with Crippen molar-refractivity contribution >= 4 is 5.91 Å². The fourth-order valence-corrected chi connectivity index (χ4v) is 1.34. The van der Waals surface area contributed by atoms with E-state index in [1.54, 1.807) is 0 Å². The quantitative estimate of drug-likeness (QED) is 0.659. The second kappa shape index (κ2) is 6.83. The van der Waals surface area contributed by atoms with Crippen LogP contribution in [0.3, 0.4) is 0 Å². The van der Waals surface area contributed by atoms with E-state index >= 15 is 0 Å². The van der Waals surface area contributed by atoms with E-state index < -0.39 is 0 Å². The van der Waals surface area contributed by atoms with Gasteiger partial charge in [0, 0.05) is 20.0 Å². The van der Waals surface area contributed by atoms with Crippen molar-refractivity contribution in [1.29, 1.82) is 0 Å². The summed E-state index contributed by atoms with van der Waals surface area (Å²) in [6, 6.07) is 0. The minimum absolute atomic E-state index is 0.0733. The zero-order valence-electron chi connectivity index (χ0n) is 10.7. The van der Waals surface area contributed by atoms with Crippen LogP contribution in [0.5, 0.6) is 0 Å². The van der Waals surface area contributed by atoms with Crippen molar-refractivity contribution in [2.45, 2.75) is 46.5 Å². The van der Waals surface area contributed by atoms with Gasteiger partial charge in [-0.1, -0.05) is 33.6 Å². The van der Waals surface area contributed by atoms with Crippen molar-refractivity contribution in [2.24, 2.45) is 11.1 Å². The molecule has 3 nitrogen and oxygen atoms in total. The summed E-state index contributed by atoms with van der Waals surface area (Å²) in [7, 11) is 1.88. The van der Waals surface area contributed by atoms with E-state index in [1.165, 1.54) is 12.8 Å². The van der Waals surface area contributed by atoms with Crippen LogP contribution in [0, 0.1) is 5.41 Å². The van der Waals surface area contributed by atoms with Gasteiger partial charge in [-0.2, -0.15) is 0 Å². The first-order valence-electron chi connectivity index (χ1n) is 5.87. The van der Waals surface area contributed by atoms with E-state index in [9.17, 15) is 4.79 Å². The van der Waals surface area contributed by atoms with Gasteiger partial charge in [0.1, 0.15) is 0 Å². The third kappa shape index (κ3) is 6.50. The standard InChI is InChI=1S/C12H26N2O/c1-5-6-7-8-14(4)11(15)9-12(2,3)10-13/h5-10,13H2,1-4H3. The van der Waals surface area contributed by atoms with Gasteiger partial charge in [0.15, 0.2) is 0 Å². The summed E-state index contributed by atoms with van der Waals surface area (Å²) >= 11 is 0. The normalized spacial score (nSPS) is 11.5. The molecule has 0 fully saturated rings. The molecule has 0 aromatic heterocycles. The van der Waals surface area contributed by atoms with E-state index in [0.717, 1.165) is 13.0 Å². The third-order valence-corrected chi connectivity index (χ3v) is 2.71. The fourth-order valence-electron chi connectivity index (χ4n) is 1.34. The number of hydrogen-bond acceptors (Lipinski definition) is 2. The van der Waals surface area contributed by atoms with Crippen molar-refractivity contribution in [2.75, 3.05) is 20.1 Å². The maximum absolute atomic E-state index is 11.8. The molecule has 0 aromatic rings. The number of hydrogen-bond donors (Lipinski definition) is 1. The summed E-state index contributed by atoms with van der Waals surface area (Å²) in [5.74, 6) is 0.210. The molecule has 90 valence electrons.